The highest BCUT2D eigenvalue weighted by atomic mass is 16.7. The Morgan fingerprint density at radius 1 is 1.03 bits per heavy atom. The monoisotopic (exact) mass is 534 g/mol. The summed E-state index contributed by atoms with van der Waals surface area (Å²) in [6.45, 7) is 9.48. The van der Waals surface area contributed by atoms with Crippen LogP contribution in [0, 0.1) is 46.3 Å². The standard InChI is InChI=1S/C29H42O9/c1-12-13(2)29(38-23(12)32)24(33)27(5,34)21-17(36-29)10-16-14-9-20-28(37-20)22(31)18(35-6)11-19(30)26(28,4)15(14)7-8-25(16,21)3/h12-18,20-22,24,31,33-34H,7-11H2,1-6H3/t12-,13-,14-,15+,16+,17+,18?,20-,21+,22+,24+,25+,26+,27-,28+,29+/m1/s1. The van der Waals surface area contributed by atoms with Crippen molar-refractivity contribution in [2.45, 2.75) is 114 Å². The molecule has 16 atom stereocenters. The number of ketones is 1. The van der Waals surface area contributed by atoms with Crippen LogP contribution in [0.4, 0.5) is 0 Å². The van der Waals surface area contributed by atoms with Gasteiger partial charge in [-0.15, -0.1) is 0 Å². The molecular formula is C29H42O9. The van der Waals surface area contributed by atoms with Crippen molar-refractivity contribution in [1.29, 1.82) is 0 Å². The molecule has 212 valence electrons. The van der Waals surface area contributed by atoms with Gasteiger partial charge in [0, 0.05) is 25.4 Å². The Labute approximate surface area is 223 Å². The van der Waals surface area contributed by atoms with Crippen molar-refractivity contribution in [2.24, 2.45) is 46.3 Å². The van der Waals surface area contributed by atoms with Crippen LogP contribution in [0.3, 0.4) is 0 Å². The van der Waals surface area contributed by atoms with E-state index in [0.29, 0.717) is 6.42 Å². The average molecular weight is 535 g/mol. The number of hydrogen-bond donors (Lipinski definition) is 3. The second-order valence-corrected chi connectivity index (χ2v) is 14.3. The lowest BCUT2D eigenvalue weighted by molar-refractivity contribution is -0.368. The van der Waals surface area contributed by atoms with Crippen molar-refractivity contribution in [3.63, 3.8) is 0 Å². The van der Waals surface area contributed by atoms with E-state index in [1.807, 2.05) is 13.8 Å². The van der Waals surface area contributed by atoms with Gasteiger partial charge in [0.25, 0.3) is 0 Å². The van der Waals surface area contributed by atoms with E-state index < -0.39 is 64.6 Å². The van der Waals surface area contributed by atoms with Gasteiger partial charge < -0.3 is 34.3 Å². The Balaban J connectivity index is 1.26. The summed E-state index contributed by atoms with van der Waals surface area (Å²) in [6, 6.07) is 0. The fraction of sp³-hybridized carbons (Fsp3) is 0.931. The summed E-state index contributed by atoms with van der Waals surface area (Å²) in [6.07, 6.45) is -0.297. The first-order valence-corrected chi connectivity index (χ1v) is 14.4. The molecule has 3 heterocycles. The Kier molecular flexibility index (Phi) is 5.03. The van der Waals surface area contributed by atoms with Gasteiger partial charge in [-0.3, -0.25) is 9.59 Å². The number of aliphatic hydroxyl groups is 3. The molecule has 3 saturated heterocycles. The number of rotatable bonds is 1. The predicted molar refractivity (Wildman–Crippen MR) is 131 cm³/mol. The minimum absolute atomic E-state index is 0.0338. The number of epoxide rings is 1. The molecule has 0 bridgehead atoms. The SMILES string of the molecule is COC1CC(=O)[C@]2(C)[C@H]3CC[C@]4(C)[C@@H]5[C@H](C[C@H]4[C@@H]3C[C@H]3O[C@]32[C@H]1O)O[C@@]1(OC(=O)[C@H](C)[C@H]1C)[C@@H](O)[C@]5(C)O. The van der Waals surface area contributed by atoms with Gasteiger partial charge >= 0.3 is 5.97 Å². The zero-order valence-electron chi connectivity index (χ0n) is 23.2. The van der Waals surface area contributed by atoms with Gasteiger partial charge in [-0.05, 0) is 62.7 Å². The third-order valence-electron chi connectivity index (χ3n) is 13.2. The molecule has 0 aromatic rings. The van der Waals surface area contributed by atoms with E-state index in [0.717, 1.165) is 19.3 Å². The molecule has 9 nitrogen and oxygen atoms in total. The number of ether oxygens (including phenoxy) is 4. The fourth-order valence-electron chi connectivity index (χ4n) is 11.1. The van der Waals surface area contributed by atoms with Crippen LogP contribution >= 0.6 is 0 Å². The Morgan fingerprint density at radius 2 is 1.74 bits per heavy atom. The van der Waals surface area contributed by atoms with E-state index in [-0.39, 0.29) is 47.4 Å². The molecule has 4 aliphatic carbocycles. The fourth-order valence-corrected chi connectivity index (χ4v) is 11.1. The molecule has 7 aliphatic rings. The summed E-state index contributed by atoms with van der Waals surface area (Å²) in [7, 11) is 1.53. The molecule has 0 radical (unpaired) electrons. The third kappa shape index (κ3) is 2.57. The molecule has 3 aliphatic heterocycles. The summed E-state index contributed by atoms with van der Waals surface area (Å²) in [4.78, 5) is 26.3. The lowest BCUT2D eigenvalue weighted by Crippen LogP contribution is -2.71. The molecule has 2 spiro atoms. The van der Waals surface area contributed by atoms with Gasteiger partial charge in [-0.25, -0.2) is 0 Å². The van der Waals surface area contributed by atoms with E-state index in [2.05, 4.69) is 6.92 Å². The quantitative estimate of drug-likeness (QED) is 0.339. The lowest BCUT2D eigenvalue weighted by atomic mass is 9.43. The van der Waals surface area contributed by atoms with Crippen LogP contribution in [0.25, 0.3) is 0 Å². The van der Waals surface area contributed by atoms with Gasteiger partial charge in [-0.2, -0.15) is 0 Å². The maximum atomic E-state index is 13.8. The normalized spacial score (nSPS) is 64.4. The minimum Gasteiger partial charge on any atom is -0.429 e. The van der Waals surface area contributed by atoms with Crippen LogP contribution in [0.15, 0.2) is 0 Å². The number of aliphatic hydroxyl groups excluding tert-OH is 2. The van der Waals surface area contributed by atoms with E-state index in [9.17, 15) is 24.9 Å². The van der Waals surface area contributed by atoms with E-state index in [1.165, 1.54) is 7.11 Å². The highest BCUT2D eigenvalue weighted by molar-refractivity contribution is 5.89. The molecule has 4 saturated carbocycles. The summed E-state index contributed by atoms with van der Waals surface area (Å²) in [5.74, 6) is -2.79. The molecule has 0 aromatic carbocycles. The van der Waals surface area contributed by atoms with Crippen LogP contribution < -0.4 is 0 Å². The van der Waals surface area contributed by atoms with E-state index >= 15 is 0 Å². The number of Topliss-reactive ketones (excluding diaryl/α,β-unsaturated/α-hetero) is 1. The van der Waals surface area contributed by atoms with Crippen molar-refractivity contribution in [2.75, 3.05) is 7.11 Å². The predicted octanol–water partition coefficient (Wildman–Crippen LogP) is 1.59. The van der Waals surface area contributed by atoms with E-state index in [1.54, 1.807) is 13.8 Å². The van der Waals surface area contributed by atoms with Gasteiger partial charge in [0.05, 0.1) is 29.6 Å². The largest absolute Gasteiger partial charge is 0.429 e. The van der Waals surface area contributed by atoms with Gasteiger partial charge in [0.15, 0.2) is 0 Å². The molecule has 1 unspecified atom stereocenters. The van der Waals surface area contributed by atoms with Crippen LogP contribution in [0.5, 0.6) is 0 Å². The zero-order valence-corrected chi connectivity index (χ0v) is 23.2. The number of fused-ring (bicyclic) bond motifs is 6. The lowest BCUT2D eigenvalue weighted by Gasteiger charge is -2.61. The summed E-state index contributed by atoms with van der Waals surface area (Å²) in [5.41, 5.74) is -3.57. The van der Waals surface area contributed by atoms with Crippen LogP contribution in [0.1, 0.15) is 66.7 Å². The van der Waals surface area contributed by atoms with Gasteiger partial charge in [0.1, 0.15) is 29.2 Å². The summed E-state index contributed by atoms with van der Waals surface area (Å²) in [5, 5.41) is 34.9. The number of hydrogen-bond acceptors (Lipinski definition) is 9. The molecule has 3 N–H and O–H groups in total. The molecule has 7 rings (SSSR count). The van der Waals surface area contributed by atoms with Crippen LogP contribution in [-0.4, -0.2) is 81.7 Å². The van der Waals surface area contributed by atoms with Gasteiger partial charge in [0.2, 0.25) is 5.79 Å². The number of esters is 1. The first-order chi connectivity index (χ1) is 17.7. The number of carbonyl (C=O) groups excluding carboxylic acids is 2. The first-order valence-electron chi connectivity index (χ1n) is 14.4. The zero-order chi connectivity index (χ0) is 27.4. The van der Waals surface area contributed by atoms with Crippen LogP contribution in [-0.2, 0) is 28.5 Å². The minimum atomic E-state index is -1.57. The van der Waals surface area contributed by atoms with Crippen molar-refractivity contribution in [3.05, 3.63) is 0 Å². The third-order valence-corrected chi connectivity index (χ3v) is 13.2. The second-order valence-electron chi connectivity index (χ2n) is 14.3. The maximum Gasteiger partial charge on any atom is 0.311 e. The summed E-state index contributed by atoms with van der Waals surface area (Å²) < 4.78 is 24.2. The average Bonchev–Trinajstić information content (AvgIpc) is 3.46. The highest BCUT2D eigenvalue weighted by Gasteiger charge is 2.83. The number of carbonyl (C=O) groups is 2. The second kappa shape index (κ2) is 7.39. The van der Waals surface area contributed by atoms with Crippen molar-refractivity contribution in [3.8, 4) is 0 Å². The van der Waals surface area contributed by atoms with E-state index in [4.69, 9.17) is 18.9 Å². The molecule has 0 aromatic heterocycles. The molecule has 38 heavy (non-hydrogen) atoms. The van der Waals surface area contributed by atoms with Crippen molar-refractivity contribution >= 4 is 11.8 Å². The number of methoxy groups -OCH3 is 1. The molecule has 7 fully saturated rings. The maximum absolute atomic E-state index is 13.8. The van der Waals surface area contributed by atoms with Crippen LogP contribution in [0.2, 0.25) is 0 Å². The van der Waals surface area contributed by atoms with Crippen molar-refractivity contribution in [1.82, 2.24) is 0 Å². The Hall–Kier alpha value is -1.10. The molecule has 0 amide bonds. The van der Waals surface area contributed by atoms with Crippen molar-refractivity contribution < 1.29 is 43.9 Å². The highest BCUT2D eigenvalue weighted by Crippen LogP contribution is 2.75. The Bertz CT molecular complexity index is 1090. The topological polar surface area (TPSA) is 135 Å². The first kappa shape index (κ1) is 25.8. The summed E-state index contributed by atoms with van der Waals surface area (Å²) >= 11 is 0. The van der Waals surface area contributed by atoms with Gasteiger partial charge in [-0.1, -0.05) is 20.8 Å². The molecular weight excluding hydrogens is 492 g/mol. The smallest absolute Gasteiger partial charge is 0.311 e. The molecule has 9 heteroatoms. The Morgan fingerprint density at radius 3 is 2.37 bits per heavy atom.